The molecule has 0 aliphatic carbocycles. The summed E-state index contributed by atoms with van der Waals surface area (Å²) < 4.78 is 12.1. The van der Waals surface area contributed by atoms with Gasteiger partial charge in [-0.15, -0.1) is 6.42 Å². The normalized spacial score (nSPS) is 21.1. The largest absolute Gasteiger partial charge is 0.459 e. The van der Waals surface area contributed by atoms with Crippen LogP contribution in [0.4, 0.5) is 0 Å². The minimum Gasteiger partial charge on any atom is -0.459 e. The van der Waals surface area contributed by atoms with E-state index >= 15 is 0 Å². The van der Waals surface area contributed by atoms with Crippen molar-refractivity contribution in [2.24, 2.45) is 0 Å². The van der Waals surface area contributed by atoms with Gasteiger partial charge in [0.05, 0.1) is 13.2 Å². The van der Waals surface area contributed by atoms with Crippen molar-refractivity contribution in [2.75, 3.05) is 33.2 Å². The molecule has 33 heavy (non-hydrogen) atoms. The van der Waals surface area contributed by atoms with Gasteiger partial charge in [0.15, 0.2) is 5.76 Å². The molecule has 1 fully saturated rings. The van der Waals surface area contributed by atoms with Crippen LogP contribution in [0, 0.1) is 12.3 Å². The fourth-order valence-corrected chi connectivity index (χ4v) is 4.07. The zero-order valence-electron chi connectivity index (χ0n) is 18.9. The summed E-state index contributed by atoms with van der Waals surface area (Å²) in [6.45, 7) is 3.42. The van der Waals surface area contributed by atoms with Crippen LogP contribution >= 0.6 is 0 Å². The van der Waals surface area contributed by atoms with Gasteiger partial charge < -0.3 is 24.4 Å². The molecule has 1 N–H and O–H groups in total. The molecule has 0 bridgehead atoms. The van der Waals surface area contributed by atoms with Gasteiger partial charge in [0.1, 0.15) is 0 Å². The van der Waals surface area contributed by atoms with E-state index in [0.29, 0.717) is 31.9 Å². The molecule has 1 amide bonds. The summed E-state index contributed by atoms with van der Waals surface area (Å²) >= 11 is 0. The highest BCUT2D eigenvalue weighted by atomic mass is 16.7. The Bertz CT molecular complexity index is 1020. The zero-order valence-corrected chi connectivity index (χ0v) is 18.9. The molecule has 2 aromatic carbocycles. The first kappa shape index (κ1) is 23.1. The summed E-state index contributed by atoms with van der Waals surface area (Å²) in [5.74, 6) is 2.88. The van der Waals surface area contributed by atoms with Crippen LogP contribution in [0.15, 0.2) is 60.4 Å². The number of carbonyl (C=O) groups excluding carboxylic acids is 1. The van der Waals surface area contributed by atoms with Gasteiger partial charge in [0.2, 0.25) is 6.29 Å². The van der Waals surface area contributed by atoms with Crippen molar-refractivity contribution >= 4 is 5.91 Å². The van der Waals surface area contributed by atoms with Crippen molar-refractivity contribution in [2.45, 2.75) is 31.8 Å². The molecule has 2 aliphatic rings. The standard InChI is InChI=1S/C27H30N2O4/c1-3-20-8-10-23(11-9-20)24-16-25(27(31)29-14-12-28(2)13-15-29)33-26(17-24)32-19-22-6-4-21(18-30)5-7-22/h1,4-11,16,24,26,30H,12-15,17-19H2,2H3/t24-,26+/m0/s1. The van der Waals surface area contributed by atoms with Crippen LogP contribution in [0.3, 0.4) is 0 Å². The third-order valence-electron chi connectivity index (χ3n) is 6.21. The Morgan fingerprint density at radius 1 is 1.09 bits per heavy atom. The Kier molecular flexibility index (Phi) is 7.46. The lowest BCUT2D eigenvalue weighted by atomic mass is 9.92. The van der Waals surface area contributed by atoms with Crippen LogP contribution in [0.2, 0.25) is 0 Å². The predicted molar refractivity (Wildman–Crippen MR) is 126 cm³/mol. The number of amides is 1. The highest BCUT2D eigenvalue weighted by Gasteiger charge is 2.32. The number of aliphatic hydroxyl groups is 1. The van der Waals surface area contributed by atoms with Crippen molar-refractivity contribution in [1.29, 1.82) is 0 Å². The molecule has 2 heterocycles. The van der Waals surface area contributed by atoms with E-state index < -0.39 is 6.29 Å². The second-order valence-corrected chi connectivity index (χ2v) is 8.57. The monoisotopic (exact) mass is 446 g/mol. The second kappa shape index (κ2) is 10.7. The van der Waals surface area contributed by atoms with Gasteiger partial charge in [0, 0.05) is 44.1 Å². The molecule has 0 radical (unpaired) electrons. The summed E-state index contributed by atoms with van der Waals surface area (Å²) in [7, 11) is 2.06. The van der Waals surface area contributed by atoms with Crippen LogP contribution in [0.1, 0.15) is 34.6 Å². The Hall–Kier alpha value is -3.11. The molecule has 0 unspecified atom stereocenters. The summed E-state index contributed by atoms with van der Waals surface area (Å²) in [6.07, 6.45) is 7.47. The molecular formula is C27H30N2O4. The fourth-order valence-electron chi connectivity index (χ4n) is 4.07. The van der Waals surface area contributed by atoms with Crippen molar-refractivity contribution in [3.05, 3.63) is 82.6 Å². The highest BCUT2D eigenvalue weighted by Crippen LogP contribution is 2.32. The van der Waals surface area contributed by atoms with E-state index in [1.807, 2.05) is 59.5 Å². The van der Waals surface area contributed by atoms with Crippen molar-refractivity contribution < 1.29 is 19.4 Å². The molecule has 1 saturated heterocycles. The highest BCUT2D eigenvalue weighted by molar-refractivity contribution is 5.92. The number of ether oxygens (including phenoxy) is 2. The lowest BCUT2D eigenvalue weighted by molar-refractivity contribution is -0.156. The van der Waals surface area contributed by atoms with Crippen molar-refractivity contribution in [1.82, 2.24) is 9.80 Å². The van der Waals surface area contributed by atoms with Crippen molar-refractivity contribution in [3.63, 3.8) is 0 Å². The van der Waals surface area contributed by atoms with E-state index in [4.69, 9.17) is 15.9 Å². The molecule has 6 heteroatoms. The Labute approximate surface area is 195 Å². The van der Waals surface area contributed by atoms with E-state index in [1.54, 1.807) is 0 Å². The average molecular weight is 447 g/mol. The van der Waals surface area contributed by atoms with Gasteiger partial charge in [-0.25, -0.2) is 0 Å². The number of piperazine rings is 1. The molecule has 0 aromatic heterocycles. The molecule has 4 rings (SSSR count). The van der Waals surface area contributed by atoms with E-state index in [9.17, 15) is 9.90 Å². The number of allylic oxidation sites excluding steroid dienone is 1. The summed E-state index contributed by atoms with van der Waals surface area (Å²) in [6, 6.07) is 15.4. The topological polar surface area (TPSA) is 62.2 Å². The van der Waals surface area contributed by atoms with Gasteiger partial charge in [-0.3, -0.25) is 4.79 Å². The number of aliphatic hydroxyl groups excluding tert-OH is 1. The Morgan fingerprint density at radius 2 is 1.76 bits per heavy atom. The van der Waals surface area contributed by atoms with Gasteiger partial charge in [-0.2, -0.15) is 0 Å². The zero-order chi connectivity index (χ0) is 23.2. The molecule has 2 aromatic rings. The summed E-state index contributed by atoms with van der Waals surface area (Å²) in [5.41, 5.74) is 3.72. The first-order chi connectivity index (χ1) is 16.1. The lowest BCUT2D eigenvalue weighted by Gasteiger charge is -2.35. The number of hydrogen-bond donors (Lipinski definition) is 1. The number of benzene rings is 2. The lowest BCUT2D eigenvalue weighted by Crippen LogP contribution is -2.48. The summed E-state index contributed by atoms with van der Waals surface area (Å²) in [5, 5.41) is 9.23. The average Bonchev–Trinajstić information content (AvgIpc) is 2.87. The van der Waals surface area contributed by atoms with Crippen LogP contribution in [0.5, 0.6) is 0 Å². The number of hydrogen-bond acceptors (Lipinski definition) is 5. The second-order valence-electron chi connectivity index (χ2n) is 8.57. The third-order valence-corrected chi connectivity index (χ3v) is 6.21. The van der Waals surface area contributed by atoms with Gasteiger partial charge >= 0.3 is 0 Å². The van der Waals surface area contributed by atoms with E-state index in [0.717, 1.165) is 35.3 Å². The third kappa shape index (κ3) is 5.82. The molecule has 0 saturated carbocycles. The number of nitrogens with zero attached hydrogens (tertiary/aromatic N) is 2. The molecule has 2 aliphatic heterocycles. The van der Waals surface area contributed by atoms with Crippen molar-refractivity contribution in [3.8, 4) is 12.3 Å². The van der Waals surface area contributed by atoms with E-state index in [-0.39, 0.29) is 18.4 Å². The Balaban J connectivity index is 1.50. The summed E-state index contributed by atoms with van der Waals surface area (Å²) in [4.78, 5) is 17.3. The van der Waals surface area contributed by atoms with E-state index in [2.05, 4.69) is 17.9 Å². The predicted octanol–water partition coefficient (Wildman–Crippen LogP) is 2.86. The quantitative estimate of drug-likeness (QED) is 0.692. The number of terminal acetylenes is 1. The van der Waals surface area contributed by atoms with E-state index in [1.165, 1.54) is 0 Å². The van der Waals surface area contributed by atoms with Crippen LogP contribution in [0.25, 0.3) is 0 Å². The number of carbonyl (C=O) groups is 1. The smallest absolute Gasteiger partial charge is 0.288 e. The minimum atomic E-state index is -0.545. The van der Waals surface area contributed by atoms with Gasteiger partial charge in [0.25, 0.3) is 5.91 Å². The fraction of sp³-hybridized carbons (Fsp3) is 0.370. The molecule has 6 nitrogen and oxygen atoms in total. The number of likely N-dealkylation sites (N-methyl/N-ethyl adjacent to an activating group) is 1. The first-order valence-electron chi connectivity index (χ1n) is 11.3. The van der Waals surface area contributed by atoms with Crippen LogP contribution < -0.4 is 0 Å². The van der Waals surface area contributed by atoms with Gasteiger partial charge in [-0.1, -0.05) is 42.3 Å². The molecular weight excluding hydrogens is 416 g/mol. The van der Waals surface area contributed by atoms with Crippen LogP contribution in [-0.2, 0) is 27.5 Å². The number of rotatable bonds is 6. The maximum atomic E-state index is 13.2. The molecule has 2 atom stereocenters. The maximum absolute atomic E-state index is 13.2. The first-order valence-corrected chi connectivity index (χ1v) is 11.3. The Morgan fingerprint density at radius 3 is 2.39 bits per heavy atom. The molecule has 172 valence electrons. The molecule has 0 spiro atoms. The minimum absolute atomic E-state index is 0.00950. The van der Waals surface area contributed by atoms with Gasteiger partial charge in [-0.05, 0) is 41.9 Å². The van der Waals surface area contributed by atoms with Crippen LogP contribution in [-0.4, -0.2) is 60.3 Å². The SMILES string of the molecule is C#Cc1ccc([C@H]2C=C(C(=O)N3CCN(C)CC3)O[C@@H](OCc3ccc(CO)cc3)C2)cc1. The maximum Gasteiger partial charge on any atom is 0.288 e.